The molecule has 2 bridgehead atoms. The first-order valence-electron chi connectivity index (χ1n) is 7.54. The van der Waals surface area contributed by atoms with Crippen LogP contribution in [0.4, 0.5) is 0 Å². The van der Waals surface area contributed by atoms with Crippen molar-refractivity contribution in [2.24, 2.45) is 23.7 Å². The Bertz CT molecular complexity index is 721. The Kier molecular flexibility index (Phi) is 2.03. The van der Waals surface area contributed by atoms with Gasteiger partial charge in [0.05, 0.1) is 5.69 Å². The van der Waals surface area contributed by atoms with Crippen LogP contribution in [0.15, 0.2) is 0 Å². The first-order chi connectivity index (χ1) is 9.66. The smallest absolute Gasteiger partial charge is 0.198 e. The van der Waals surface area contributed by atoms with Crippen LogP contribution < -0.4 is 0 Å². The molecule has 0 amide bonds. The van der Waals surface area contributed by atoms with Crippen LogP contribution in [0.1, 0.15) is 42.4 Å². The van der Waals surface area contributed by atoms with Crippen molar-refractivity contribution in [2.45, 2.75) is 39.0 Å². The molecule has 104 valence electrons. The fourth-order valence-electron chi connectivity index (χ4n) is 5.09. The van der Waals surface area contributed by atoms with Gasteiger partial charge in [-0.05, 0) is 56.8 Å². The first kappa shape index (κ1) is 11.5. The molecular formula is C15H17ClN4. The molecule has 0 N–H and O–H groups in total. The van der Waals surface area contributed by atoms with Crippen LogP contribution >= 0.6 is 11.6 Å². The fraction of sp³-hybridized carbons (Fsp3) is 0.667. The summed E-state index contributed by atoms with van der Waals surface area (Å²) in [6.07, 6.45) is 4.32. The van der Waals surface area contributed by atoms with E-state index in [-0.39, 0.29) is 0 Å². The fourth-order valence-corrected chi connectivity index (χ4v) is 5.34. The van der Waals surface area contributed by atoms with Crippen molar-refractivity contribution in [3.05, 3.63) is 22.4 Å². The normalized spacial score (nSPS) is 37.6. The molecule has 0 radical (unpaired) electrons. The molecule has 20 heavy (non-hydrogen) atoms. The number of halogens is 1. The zero-order valence-electron chi connectivity index (χ0n) is 11.7. The van der Waals surface area contributed by atoms with Crippen molar-refractivity contribution < 1.29 is 0 Å². The Morgan fingerprint density at radius 3 is 2.50 bits per heavy atom. The van der Waals surface area contributed by atoms with Crippen LogP contribution in [-0.2, 0) is 0 Å². The molecule has 2 heterocycles. The standard InChI is InChI=1S/C15H17ClN4/c1-6-7(2)20-14(18-19-15(20)13(16)17-6)12-10-8-3-4-9(5-8)11(10)12/h8-12H,3-5H2,1-2H3. The van der Waals surface area contributed by atoms with Gasteiger partial charge in [-0.15, -0.1) is 10.2 Å². The number of hydrogen-bond donors (Lipinski definition) is 0. The second kappa shape index (κ2) is 3.53. The van der Waals surface area contributed by atoms with Gasteiger partial charge in [0.1, 0.15) is 5.82 Å². The Morgan fingerprint density at radius 1 is 1.10 bits per heavy atom. The average molecular weight is 289 g/mol. The molecule has 0 aliphatic heterocycles. The number of fused-ring (bicyclic) bond motifs is 6. The van der Waals surface area contributed by atoms with E-state index in [1.165, 1.54) is 19.3 Å². The average Bonchev–Trinajstić information content (AvgIpc) is 2.84. The molecule has 0 saturated heterocycles. The summed E-state index contributed by atoms with van der Waals surface area (Å²) in [4.78, 5) is 4.35. The maximum Gasteiger partial charge on any atom is 0.198 e. The molecule has 3 saturated carbocycles. The zero-order chi connectivity index (χ0) is 13.6. The highest BCUT2D eigenvalue weighted by Gasteiger charge is 2.66. The summed E-state index contributed by atoms with van der Waals surface area (Å²) < 4.78 is 2.16. The molecule has 2 aromatic heterocycles. The van der Waals surface area contributed by atoms with Gasteiger partial charge in [0.2, 0.25) is 0 Å². The summed E-state index contributed by atoms with van der Waals surface area (Å²) in [5.41, 5.74) is 2.82. The Hall–Kier alpha value is -1.16. The van der Waals surface area contributed by atoms with E-state index in [4.69, 9.17) is 11.6 Å². The Morgan fingerprint density at radius 2 is 1.80 bits per heavy atom. The van der Waals surface area contributed by atoms with Crippen LogP contribution in [0, 0.1) is 37.5 Å². The van der Waals surface area contributed by atoms with Gasteiger partial charge in [0.15, 0.2) is 10.8 Å². The van der Waals surface area contributed by atoms with Crippen LogP contribution in [-0.4, -0.2) is 19.6 Å². The predicted molar refractivity (Wildman–Crippen MR) is 75.8 cm³/mol. The summed E-state index contributed by atoms with van der Waals surface area (Å²) in [6, 6.07) is 0. The molecule has 0 aromatic carbocycles. The quantitative estimate of drug-likeness (QED) is 0.809. The maximum absolute atomic E-state index is 6.23. The molecule has 5 heteroatoms. The van der Waals surface area contributed by atoms with Crippen molar-refractivity contribution in [3.8, 4) is 0 Å². The summed E-state index contributed by atoms with van der Waals surface area (Å²) in [7, 11) is 0. The minimum absolute atomic E-state index is 0.473. The topological polar surface area (TPSA) is 43.1 Å². The largest absolute Gasteiger partial charge is 0.279 e. The number of hydrogen-bond acceptors (Lipinski definition) is 3. The van der Waals surface area contributed by atoms with Gasteiger partial charge >= 0.3 is 0 Å². The highest BCUT2D eigenvalue weighted by Crippen LogP contribution is 2.72. The molecule has 0 spiro atoms. The minimum Gasteiger partial charge on any atom is -0.279 e. The van der Waals surface area contributed by atoms with Gasteiger partial charge in [-0.3, -0.25) is 4.40 Å². The summed E-state index contributed by atoms with van der Waals surface area (Å²) >= 11 is 6.23. The lowest BCUT2D eigenvalue weighted by Gasteiger charge is -2.10. The number of aryl methyl sites for hydroxylation is 2. The van der Waals surface area contributed by atoms with Gasteiger partial charge in [-0.2, -0.15) is 0 Å². The number of rotatable bonds is 1. The summed E-state index contributed by atoms with van der Waals surface area (Å²) in [6.45, 7) is 4.09. The molecule has 3 aliphatic rings. The van der Waals surface area contributed by atoms with Crippen molar-refractivity contribution in [1.29, 1.82) is 0 Å². The van der Waals surface area contributed by atoms with Crippen molar-refractivity contribution in [1.82, 2.24) is 19.6 Å². The predicted octanol–water partition coefficient (Wildman–Crippen LogP) is 3.15. The highest BCUT2D eigenvalue weighted by atomic mass is 35.5. The number of aromatic nitrogens is 4. The summed E-state index contributed by atoms with van der Waals surface area (Å²) in [5.74, 6) is 5.38. The van der Waals surface area contributed by atoms with Gasteiger partial charge in [-0.25, -0.2) is 4.98 Å². The third-order valence-corrected chi connectivity index (χ3v) is 6.28. The SMILES string of the molecule is Cc1nc(Cl)c2nnc(C3C4C5CCC(C5)C34)n2c1C. The third-order valence-electron chi connectivity index (χ3n) is 6.03. The van der Waals surface area contributed by atoms with Crippen LogP contribution in [0.5, 0.6) is 0 Å². The Labute approximate surface area is 122 Å². The molecule has 3 aliphatic carbocycles. The van der Waals surface area contributed by atoms with E-state index in [9.17, 15) is 0 Å². The lowest BCUT2D eigenvalue weighted by molar-refractivity contribution is 0.456. The zero-order valence-corrected chi connectivity index (χ0v) is 12.4. The van der Waals surface area contributed by atoms with Crippen LogP contribution in [0.2, 0.25) is 5.15 Å². The van der Waals surface area contributed by atoms with Crippen LogP contribution in [0.3, 0.4) is 0 Å². The number of nitrogens with zero attached hydrogens (tertiary/aromatic N) is 4. The molecular weight excluding hydrogens is 272 g/mol. The molecule has 2 aromatic rings. The first-order valence-corrected chi connectivity index (χ1v) is 7.92. The monoisotopic (exact) mass is 288 g/mol. The molecule has 5 rings (SSSR count). The van der Waals surface area contributed by atoms with Gasteiger partial charge < -0.3 is 0 Å². The lowest BCUT2D eigenvalue weighted by Crippen LogP contribution is -2.06. The van der Waals surface area contributed by atoms with E-state index in [1.54, 1.807) is 0 Å². The molecule has 4 nitrogen and oxygen atoms in total. The van der Waals surface area contributed by atoms with Gasteiger partial charge in [0, 0.05) is 11.6 Å². The maximum atomic E-state index is 6.23. The van der Waals surface area contributed by atoms with Crippen molar-refractivity contribution in [2.75, 3.05) is 0 Å². The van der Waals surface area contributed by atoms with Crippen LogP contribution in [0.25, 0.3) is 5.65 Å². The second-order valence-corrected chi connectivity index (χ2v) is 7.16. The lowest BCUT2D eigenvalue weighted by atomic mass is 10.0. The van der Waals surface area contributed by atoms with Crippen molar-refractivity contribution >= 4 is 17.2 Å². The van der Waals surface area contributed by atoms with Gasteiger partial charge in [-0.1, -0.05) is 11.6 Å². The van der Waals surface area contributed by atoms with E-state index in [1.807, 2.05) is 6.92 Å². The Balaban J connectivity index is 1.68. The minimum atomic E-state index is 0.473. The molecule has 4 atom stereocenters. The van der Waals surface area contributed by atoms with E-state index in [0.29, 0.717) is 11.1 Å². The highest BCUT2D eigenvalue weighted by molar-refractivity contribution is 6.32. The molecule has 4 unspecified atom stereocenters. The third kappa shape index (κ3) is 1.22. The van der Waals surface area contributed by atoms with Gasteiger partial charge in [0.25, 0.3) is 0 Å². The molecule has 3 fully saturated rings. The van der Waals surface area contributed by atoms with E-state index in [2.05, 4.69) is 26.5 Å². The van der Waals surface area contributed by atoms with E-state index >= 15 is 0 Å². The van der Waals surface area contributed by atoms with E-state index in [0.717, 1.165) is 46.5 Å². The summed E-state index contributed by atoms with van der Waals surface area (Å²) in [5, 5.41) is 9.26. The van der Waals surface area contributed by atoms with Crippen molar-refractivity contribution in [3.63, 3.8) is 0 Å². The second-order valence-electron chi connectivity index (χ2n) is 6.80. The van der Waals surface area contributed by atoms with E-state index < -0.39 is 0 Å².